The van der Waals surface area contributed by atoms with Gasteiger partial charge >= 0.3 is 17.8 Å². The maximum absolute atomic E-state index is 13.1. The Kier molecular flexibility index (Phi) is 7.14. The number of aliphatic hydroxyl groups excluding tert-OH is 1. The Morgan fingerprint density at radius 2 is 1.89 bits per heavy atom. The Labute approximate surface area is 211 Å². The molecule has 4 aromatic rings. The first kappa shape index (κ1) is 26.0. The minimum atomic E-state index is -4.96. The monoisotopic (exact) mass is 537 g/mol. The van der Waals surface area contributed by atoms with Gasteiger partial charge in [-0.05, 0) is 42.8 Å². The fourth-order valence-corrected chi connectivity index (χ4v) is 3.57. The first-order valence-electron chi connectivity index (χ1n) is 10.6. The first-order valence-corrected chi connectivity index (χ1v) is 11.0. The highest BCUT2D eigenvalue weighted by Gasteiger charge is 2.39. The summed E-state index contributed by atoms with van der Waals surface area (Å²) >= 11 is 5.90. The third kappa shape index (κ3) is 5.39. The molecule has 0 radical (unpaired) electrons. The number of nitrogens with zero attached hydrogens (tertiary/aromatic N) is 7. The molecule has 0 saturated carbocycles. The van der Waals surface area contributed by atoms with Crippen LogP contribution in [0.2, 0.25) is 5.02 Å². The van der Waals surface area contributed by atoms with E-state index in [-0.39, 0.29) is 23.0 Å². The number of aromatic nitrogens is 7. The van der Waals surface area contributed by atoms with Crippen molar-refractivity contribution in [3.05, 3.63) is 75.4 Å². The minimum absolute atomic E-state index is 0.0395. The molecule has 3 heterocycles. The van der Waals surface area contributed by atoms with Crippen LogP contribution in [0.25, 0.3) is 17.1 Å². The lowest BCUT2D eigenvalue weighted by Crippen LogP contribution is -2.37. The number of aliphatic hydroxyl groups is 1. The van der Waals surface area contributed by atoms with Crippen molar-refractivity contribution < 1.29 is 27.8 Å². The molecule has 37 heavy (non-hydrogen) atoms. The number of carbonyl (C=O) groups excluding carboxylic acids is 1. The van der Waals surface area contributed by atoms with Gasteiger partial charge < -0.3 is 9.84 Å². The van der Waals surface area contributed by atoms with E-state index in [2.05, 4.69) is 20.2 Å². The van der Waals surface area contributed by atoms with Gasteiger partial charge in [-0.2, -0.15) is 13.2 Å². The second-order valence-electron chi connectivity index (χ2n) is 7.86. The van der Waals surface area contributed by atoms with Gasteiger partial charge in [0.15, 0.2) is 17.8 Å². The van der Waals surface area contributed by atoms with Gasteiger partial charge in [0.25, 0.3) is 0 Å². The summed E-state index contributed by atoms with van der Waals surface area (Å²) in [7, 11) is 1.16. The molecule has 1 aromatic carbocycles. The van der Waals surface area contributed by atoms with Crippen LogP contribution in [-0.2, 0) is 17.8 Å². The number of aryl methyl sites for hydroxylation is 1. The zero-order chi connectivity index (χ0) is 26.9. The van der Waals surface area contributed by atoms with Crippen molar-refractivity contribution in [1.29, 1.82) is 0 Å². The van der Waals surface area contributed by atoms with E-state index in [1.165, 1.54) is 35.1 Å². The molecular formula is C22H19ClF3N7O4. The first-order chi connectivity index (χ1) is 17.5. The number of ether oxygens (including phenoxy) is 1. The Morgan fingerprint density at radius 3 is 2.51 bits per heavy atom. The summed E-state index contributed by atoms with van der Waals surface area (Å²) < 4.78 is 46.8. The molecular weight excluding hydrogens is 519 g/mol. The van der Waals surface area contributed by atoms with E-state index < -0.39 is 37.0 Å². The van der Waals surface area contributed by atoms with E-state index in [9.17, 15) is 27.9 Å². The van der Waals surface area contributed by atoms with Gasteiger partial charge in [0.2, 0.25) is 5.82 Å². The maximum Gasteiger partial charge on any atom is 0.416 e. The molecule has 1 unspecified atom stereocenters. The highest BCUT2D eigenvalue weighted by atomic mass is 35.5. The average Bonchev–Trinajstić information content (AvgIpc) is 3.40. The molecule has 11 nitrogen and oxygen atoms in total. The molecule has 0 saturated heterocycles. The minimum Gasteiger partial charge on any atom is -0.463 e. The van der Waals surface area contributed by atoms with Crippen LogP contribution in [0.5, 0.6) is 0 Å². The lowest BCUT2D eigenvalue weighted by Gasteiger charge is -2.15. The summed E-state index contributed by atoms with van der Waals surface area (Å²) in [6, 6.07) is 7.50. The fraction of sp³-hybridized carbons (Fsp3) is 0.273. The zero-order valence-electron chi connectivity index (χ0n) is 19.3. The molecule has 3 aromatic heterocycles. The highest BCUT2D eigenvalue weighted by Crippen LogP contribution is 2.24. The van der Waals surface area contributed by atoms with E-state index in [1.54, 1.807) is 19.2 Å². The van der Waals surface area contributed by atoms with E-state index in [1.807, 2.05) is 0 Å². The number of benzene rings is 1. The second kappa shape index (κ2) is 10.1. The number of halogens is 4. The maximum atomic E-state index is 13.1. The van der Waals surface area contributed by atoms with Crippen molar-refractivity contribution >= 4 is 17.6 Å². The normalized spacial score (nSPS) is 12.5. The van der Waals surface area contributed by atoms with Crippen LogP contribution in [0, 0.1) is 6.92 Å². The van der Waals surface area contributed by atoms with E-state index in [0.29, 0.717) is 20.8 Å². The molecule has 0 spiro atoms. The van der Waals surface area contributed by atoms with Crippen molar-refractivity contribution in [3.63, 3.8) is 0 Å². The number of alkyl halides is 3. The van der Waals surface area contributed by atoms with Crippen LogP contribution in [0.4, 0.5) is 13.2 Å². The van der Waals surface area contributed by atoms with Crippen molar-refractivity contribution in [1.82, 2.24) is 34.1 Å². The lowest BCUT2D eigenvalue weighted by atomic mass is 10.2. The van der Waals surface area contributed by atoms with Crippen LogP contribution in [0.1, 0.15) is 22.0 Å². The Hall–Kier alpha value is -4.04. The molecule has 0 aliphatic carbocycles. The molecule has 15 heteroatoms. The van der Waals surface area contributed by atoms with Crippen molar-refractivity contribution in [2.75, 3.05) is 7.11 Å². The zero-order valence-corrected chi connectivity index (χ0v) is 20.1. The van der Waals surface area contributed by atoms with Gasteiger partial charge in [0.1, 0.15) is 6.54 Å². The number of carbonyl (C=O) groups is 1. The van der Waals surface area contributed by atoms with Crippen molar-refractivity contribution in [2.45, 2.75) is 32.3 Å². The highest BCUT2D eigenvalue weighted by molar-refractivity contribution is 6.30. The number of methoxy groups -OCH3 is 1. The SMILES string of the molecule is COC(=O)c1nc(Cn2nc(-c3ccc(Cl)cc3)n(CC(O)C(F)(F)F)c2=O)nn1-c1ccncc1C. The van der Waals surface area contributed by atoms with Crippen LogP contribution in [0.15, 0.2) is 47.5 Å². The number of rotatable bonds is 7. The van der Waals surface area contributed by atoms with Gasteiger partial charge in [-0.1, -0.05) is 11.6 Å². The smallest absolute Gasteiger partial charge is 0.416 e. The molecule has 1 atom stereocenters. The summed E-state index contributed by atoms with van der Waals surface area (Å²) in [4.78, 5) is 33.6. The quantitative estimate of drug-likeness (QED) is 0.356. The lowest BCUT2D eigenvalue weighted by molar-refractivity contribution is -0.207. The van der Waals surface area contributed by atoms with Gasteiger partial charge in [-0.25, -0.2) is 23.9 Å². The second-order valence-corrected chi connectivity index (χ2v) is 8.29. The van der Waals surface area contributed by atoms with Gasteiger partial charge in [0.05, 0.1) is 19.3 Å². The fourth-order valence-electron chi connectivity index (χ4n) is 3.45. The molecule has 4 rings (SSSR count). The van der Waals surface area contributed by atoms with Crippen LogP contribution in [0.3, 0.4) is 0 Å². The van der Waals surface area contributed by atoms with Crippen LogP contribution in [-0.4, -0.2) is 64.6 Å². The summed E-state index contributed by atoms with van der Waals surface area (Å²) in [6.07, 6.45) is -4.74. The Bertz CT molecular complexity index is 1500. The third-order valence-corrected chi connectivity index (χ3v) is 5.54. The van der Waals surface area contributed by atoms with E-state index >= 15 is 0 Å². The van der Waals surface area contributed by atoms with Crippen molar-refractivity contribution in [2.24, 2.45) is 0 Å². The topological polar surface area (TPSA) is 130 Å². The average molecular weight is 538 g/mol. The molecule has 0 amide bonds. The molecule has 0 bridgehead atoms. The van der Waals surface area contributed by atoms with Gasteiger partial charge in [0, 0.05) is 23.0 Å². The number of hydrogen-bond acceptors (Lipinski definition) is 8. The van der Waals surface area contributed by atoms with E-state index in [4.69, 9.17) is 16.3 Å². The van der Waals surface area contributed by atoms with Crippen molar-refractivity contribution in [3.8, 4) is 17.1 Å². The third-order valence-electron chi connectivity index (χ3n) is 5.29. The summed E-state index contributed by atoms with van der Waals surface area (Å²) in [5.41, 5.74) is 0.471. The largest absolute Gasteiger partial charge is 0.463 e. The Morgan fingerprint density at radius 1 is 1.19 bits per heavy atom. The standard InChI is InChI=1S/C22H19ClF3N7O4/c1-12-9-27-8-7-15(12)33-19(20(35)37-2)28-17(29-33)11-32-21(36)31(10-16(34)22(24,25)26)18(30-32)13-3-5-14(23)6-4-13/h3-9,16,34H,10-11H2,1-2H3. The number of hydrogen-bond donors (Lipinski definition) is 1. The molecule has 0 fully saturated rings. The van der Waals surface area contributed by atoms with Gasteiger partial charge in [-0.3, -0.25) is 9.55 Å². The van der Waals surface area contributed by atoms with Crippen LogP contribution < -0.4 is 5.69 Å². The molecule has 1 N–H and O–H groups in total. The molecule has 194 valence electrons. The summed E-state index contributed by atoms with van der Waals surface area (Å²) in [6.45, 7) is 0.253. The van der Waals surface area contributed by atoms with Gasteiger partial charge in [-0.15, -0.1) is 10.2 Å². The van der Waals surface area contributed by atoms with Crippen LogP contribution >= 0.6 is 11.6 Å². The number of esters is 1. The predicted octanol–water partition coefficient (Wildman–Crippen LogP) is 2.41. The summed E-state index contributed by atoms with van der Waals surface area (Å²) in [5, 5.41) is 18.5. The molecule has 0 aliphatic heterocycles. The Balaban J connectivity index is 1.79. The predicted molar refractivity (Wildman–Crippen MR) is 123 cm³/mol. The van der Waals surface area contributed by atoms with E-state index in [0.717, 1.165) is 11.8 Å². The summed E-state index contributed by atoms with van der Waals surface area (Å²) in [5.74, 6) is -1.17. The number of pyridine rings is 1. The molecule has 0 aliphatic rings.